The van der Waals surface area contributed by atoms with Crippen molar-refractivity contribution in [1.29, 1.82) is 0 Å². The summed E-state index contributed by atoms with van der Waals surface area (Å²) in [7, 11) is 0. The van der Waals surface area contributed by atoms with Gasteiger partial charge in [0.25, 0.3) is 0 Å². The minimum absolute atomic E-state index is 0.144. The van der Waals surface area contributed by atoms with Gasteiger partial charge in [-0.3, -0.25) is 0 Å². The van der Waals surface area contributed by atoms with Gasteiger partial charge in [-0.25, -0.2) is 4.39 Å². The van der Waals surface area contributed by atoms with Crippen molar-refractivity contribution >= 4 is 31.9 Å². The van der Waals surface area contributed by atoms with E-state index in [1.807, 2.05) is 6.07 Å². The molecule has 2 aromatic carbocycles. The van der Waals surface area contributed by atoms with Gasteiger partial charge in [-0.2, -0.15) is 0 Å². The van der Waals surface area contributed by atoms with Gasteiger partial charge in [0.1, 0.15) is 5.82 Å². The average Bonchev–Trinajstić information content (AvgIpc) is 2.46. The summed E-state index contributed by atoms with van der Waals surface area (Å²) in [5.74, 6) is -0.195. The topological polar surface area (TPSA) is 0 Å². The molecule has 0 N–H and O–H groups in total. The Morgan fingerprint density at radius 3 is 2.35 bits per heavy atom. The summed E-state index contributed by atoms with van der Waals surface area (Å²) in [6.45, 7) is 4.31. The first-order valence-corrected chi connectivity index (χ1v) is 8.49. The van der Waals surface area contributed by atoms with E-state index in [4.69, 9.17) is 0 Å². The third-order valence-corrected chi connectivity index (χ3v) is 5.22. The Morgan fingerprint density at radius 1 is 1.05 bits per heavy atom. The molecule has 3 heteroatoms. The van der Waals surface area contributed by atoms with Gasteiger partial charge < -0.3 is 0 Å². The van der Waals surface area contributed by atoms with Crippen LogP contribution in [0, 0.1) is 5.82 Å². The summed E-state index contributed by atoms with van der Waals surface area (Å²) in [4.78, 5) is -0.144. The number of hydrogen-bond donors (Lipinski definition) is 0. The van der Waals surface area contributed by atoms with Crippen LogP contribution in [0.25, 0.3) is 0 Å². The first-order valence-electron chi connectivity index (χ1n) is 6.78. The number of aryl methyl sites for hydroxylation is 2. The molecule has 0 saturated carbocycles. The molecular formula is C17H17Br2F. The minimum Gasteiger partial charge on any atom is -0.207 e. The molecule has 0 aliphatic carbocycles. The van der Waals surface area contributed by atoms with Crippen molar-refractivity contribution in [2.45, 2.75) is 31.5 Å². The Morgan fingerprint density at radius 2 is 1.75 bits per heavy atom. The Bertz CT molecular complexity index is 588. The lowest BCUT2D eigenvalue weighted by molar-refractivity contribution is 0.612. The molecule has 0 amide bonds. The van der Waals surface area contributed by atoms with Crippen LogP contribution in [0.5, 0.6) is 0 Å². The van der Waals surface area contributed by atoms with Gasteiger partial charge in [0.05, 0.1) is 4.83 Å². The fourth-order valence-electron chi connectivity index (χ4n) is 2.40. The molecule has 0 bridgehead atoms. The highest BCUT2D eigenvalue weighted by molar-refractivity contribution is 9.11. The predicted octanol–water partition coefficient (Wildman–Crippen LogP) is 6.20. The maximum Gasteiger partial charge on any atom is 0.129 e. The molecule has 0 aliphatic rings. The average molecular weight is 400 g/mol. The van der Waals surface area contributed by atoms with Gasteiger partial charge >= 0.3 is 0 Å². The SMILES string of the molecule is CCc1ccc(C(Br)c2c(F)cccc2Br)cc1CC. The van der Waals surface area contributed by atoms with E-state index in [0.717, 1.165) is 22.9 Å². The molecule has 106 valence electrons. The number of benzene rings is 2. The summed E-state index contributed by atoms with van der Waals surface area (Å²) >= 11 is 7.07. The second-order valence-electron chi connectivity index (χ2n) is 4.73. The van der Waals surface area contributed by atoms with E-state index in [2.05, 4.69) is 63.9 Å². The maximum atomic E-state index is 14.1. The van der Waals surface area contributed by atoms with Crippen molar-refractivity contribution in [2.75, 3.05) is 0 Å². The molecule has 0 aromatic heterocycles. The molecular weight excluding hydrogens is 383 g/mol. The lowest BCUT2D eigenvalue weighted by Crippen LogP contribution is -2.00. The Kier molecular flexibility index (Phi) is 5.39. The molecule has 1 atom stereocenters. The van der Waals surface area contributed by atoms with Crippen LogP contribution in [-0.2, 0) is 12.8 Å². The summed E-state index contributed by atoms with van der Waals surface area (Å²) in [5, 5.41) is 0. The van der Waals surface area contributed by atoms with Gasteiger partial charge in [-0.1, -0.05) is 70.0 Å². The highest BCUT2D eigenvalue weighted by atomic mass is 79.9. The van der Waals surface area contributed by atoms with Gasteiger partial charge in [0.2, 0.25) is 0 Å². The predicted molar refractivity (Wildman–Crippen MR) is 90.1 cm³/mol. The smallest absolute Gasteiger partial charge is 0.129 e. The van der Waals surface area contributed by atoms with Gasteiger partial charge in [-0.05, 0) is 41.7 Å². The van der Waals surface area contributed by atoms with Crippen LogP contribution < -0.4 is 0 Å². The molecule has 2 aromatic rings. The zero-order chi connectivity index (χ0) is 14.7. The fraction of sp³-hybridized carbons (Fsp3) is 0.294. The van der Waals surface area contributed by atoms with Crippen molar-refractivity contribution in [1.82, 2.24) is 0 Å². The molecule has 1 unspecified atom stereocenters. The lowest BCUT2D eigenvalue weighted by atomic mass is 9.96. The van der Waals surface area contributed by atoms with E-state index in [1.165, 1.54) is 17.2 Å². The van der Waals surface area contributed by atoms with E-state index >= 15 is 0 Å². The third kappa shape index (κ3) is 3.15. The summed E-state index contributed by atoms with van der Waals surface area (Å²) < 4.78 is 14.8. The number of halogens is 3. The van der Waals surface area contributed by atoms with Crippen LogP contribution in [0.4, 0.5) is 4.39 Å². The third-order valence-electron chi connectivity index (χ3n) is 3.54. The Hall–Kier alpha value is -0.670. The van der Waals surface area contributed by atoms with Gasteiger partial charge in [-0.15, -0.1) is 0 Å². The summed E-state index contributed by atoms with van der Waals surface area (Å²) in [6, 6.07) is 11.5. The number of alkyl halides is 1. The van der Waals surface area contributed by atoms with Gasteiger partial charge in [0.15, 0.2) is 0 Å². The number of hydrogen-bond acceptors (Lipinski definition) is 0. The maximum absolute atomic E-state index is 14.1. The second kappa shape index (κ2) is 6.86. The Labute approximate surface area is 136 Å². The van der Waals surface area contributed by atoms with Crippen LogP contribution in [0.15, 0.2) is 40.9 Å². The lowest BCUT2D eigenvalue weighted by Gasteiger charge is -2.16. The van der Waals surface area contributed by atoms with Crippen LogP contribution in [-0.4, -0.2) is 0 Å². The second-order valence-corrected chi connectivity index (χ2v) is 6.50. The van der Waals surface area contributed by atoms with Crippen molar-refractivity contribution in [3.63, 3.8) is 0 Å². The molecule has 0 nitrogen and oxygen atoms in total. The van der Waals surface area contributed by atoms with E-state index < -0.39 is 0 Å². The van der Waals surface area contributed by atoms with E-state index in [1.54, 1.807) is 6.07 Å². The normalized spacial score (nSPS) is 12.4. The monoisotopic (exact) mass is 398 g/mol. The van der Waals surface area contributed by atoms with Crippen LogP contribution in [0.3, 0.4) is 0 Å². The van der Waals surface area contributed by atoms with Crippen molar-refractivity contribution in [3.05, 3.63) is 68.9 Å². The molecule has 0 aliphatic heterocycles. The standard InChI is InChI=1S/C17H17Br2F/c1-3-11-8-9-13(10-12(11)4-2)17(19)16-14(18)6-5-7-15(16)20/h5-10,17H,3-4H2,1-2H3. The first kappa shape index (κ1) is 15.7. The zero-order valence-corrected chi connectivity index (χ0v) is 14.8. The van der Waals surface area contributed by atoms with Crippen molar-refractivity contribution < 1.29 is 4.39 Å². The molecule has 0 spiro atoms. The summed E-state index contributed by atoms with van der Waals surface area (Å²) in [5.41, 5.74) is 4.44. The highest BCUT2D eigenvalue weighted by Crippen LogP contribution is 2.37. The minimum atomic E-state index is -0.195. The first-order chi connectivity index (χ1) is 9.58. The molecule has 0 fully saturated rings. The molecule has 0 radical (unpaired) electrons. The highest BCUT2D eigenvalue weighted by Gasteiger charge is 2.18. The van der Waals surface area contributed by atoms with E-state index in [9.17, 15) is 4.39 Å². The Balaban J connectivity index is 2.46. The van der Waals surface area contributed by atoms with Crippen molar-refractivity contribution in [2.24, 2.45) is 0 Å². The fourth-order valence-corrected chi connectivity index (χ4v) is 4.03. The van der Waals surface area contributed by atoms with Crippen LogP contribution >= 0.6 is 31.9 Å². The summed E-state index contributed by atoms with van der Waals surface area (Å²) in [6.07, 6.45) is 2.02. The number of rotatable bonds is 4. The van der Waals surface area contributed by atoms with Crippen molar-refractivity contribution in [3.8, 4) is 0 Å². The largest absolute Gasteiger partial charge is 0.207 e. The molecule has 0 heterocycles. The van der Waals surface area contributed by atoms with Crippen LogP contribution in [0.2, 0.25) is 0 Å². The van der Waals surface area contributed by atoms with E-state index in [0.29, 0.717) is 5.56 Å². The van der Waals surface area contributed by atoms with E-state index in [-0.39, 0.29) is 10.6 Å². The molecule has 20 heavy (non-hydrogen) atoms. The molecule has 0 saturated heterocycles. The molecule has 2 rings (SSSR count). The van der Waals surface area contributed by atoms with Gasteiger partial charge in [0, 0.05) is 10.0 Å². The quantitative estimate of drug-likeness (QED) is 0.537. The van der Waals surface area contributed by atoms with Crippen LogP contribution in [0.1, 0.15) is 40.9 Å². The zero-order valence-electron chi connectivity index (χ0n) is 11.6.